The van der Waals surface area contributed by atoms with Crippen molar-refractivity contribution in [3.63, 3.8) is 0 Å². The Kier molecular flexibility index (Phi) is 3.11. The first-order valence-electron chi connectivity index (χ1n) is 6.61. The lowest BCUT2D eigenvalue weighted by atomic mass is 10.1. The van der Waals surface area contributed by atoms with Gasteiger partial charge in [0.25, 0.3) is 0 Å². The molecule has 98 valence electrons. The lowest BCUT2D eigenvalue weighted by Crippen LogP contribution is -2.21. The summed E-state index contributed by atoms with van der Waals surface area (Å²) in [6.07, 6.45) is 4.38. The quantitative estimate of drug-likeness (QED) is 0.839. The number of fused-ring (bicyclic) bond motifs is 1. The van der Waals surface area contributed by atoms with Crippen molar-refractivity contribution in [2.75, 3.05) is 5.32 Å². The SMILES string of the molecule is CC(Nc1c(C(N)=S)cnc2ccccc12)C1CC1. The Morgan fingerprint density at radius 2 is 2.16 bits per heavy atom. The molecule has 0 radical (unpaired) electrons. The molecular weight excluding hydrogens is 254 g/mol. The van der Waals surface area contributed by atoms with Gasteiger partial charge in [-0.2, -0.15) is 0 Å². The number of nitrogens with one attached hydrogen (secondary N) is 1. The fourth-order valence-electron chi connectivity index (χ4n) is 2.43. The average Bonchev–Trinajstić information content (AvgIpc) is 3.23. The van der Waals surface area contributed by atoms with Crippen LogP contribution in [-0.2, 0) is 0 Å². The van der Waals surface area contributed by atoms with Crippen LogP contribution < -0.4 is 11.1 Å². The van der Waals surface area contributed by atoms with Gasteiger partial charge >= 0.3 is 0 Å². The summed E-state index contributed by atoms with van der Waals surface area (Å²) in [6.45, 7) is 2.22. The molecule has 1 fully saturated rings. The monoisotopic (exact) mass is 271 g/mol. The van der Waals surface area contributed by atoms with E-state index >= 15 is 0 Å². The Bertz CT molecular complexity index is 634. The molecule has 0 spiro atoms. The van der Waals surface area contributed by atoms with E-state index in [0.717, 1.165) is 28.1 Å². The van der Waals surface area contributed by atoms with Crippen LogP contribution in [0.1, 0.15) is 25.3 Å². The molecule has 1 aliphatic carbocycles. The van der Waals surface area contributed by atoms with Crippen LogP contribution in [0.5, 0.6) is 0 Å². The first-order valence-corrected chi connectivity index (χ1v) is 7.01. The number of hydrogen-bond donors (Lipinski definition) is 2. The van der Waals surface area contributed by atoms with E-state index in [9.17, 15) is 0 Å². The maximum absolute atomic E-state index is 5.82. The lowest BCUT2D eigenvalue weighted by Gasteiger charge is -2.19. The number of para-hydroxylation sites is 1. The van der Waals surface area contributed by atoms with Crippen molar-refractivity contribution < 1.29 is 0 Å². The Morgan fingerprint density at radius 3 is 2.84 bits per heavy atom. The number of benzene rings is 1. The Hall–Kier alpha value is -1.68. The minimum absolute atomic E-state index is 0.392. The smallest absolute Gasteiger partial charge is 0.107 e. The second-order valence-corrected chi connectivity index (χ2v) is 5.64. The summed E-state index contributed by atoms with van der Waals surface area (Å²) in [4.78, 5) is 4.82. The highest BCUT2D eigenvalue weighted by Crippen LogP contribution is 2.36. The molecular formula is C15H17N3S. The van der Waals surface area contributed by atoms with Gasteiger partial charge in [-0.25, -0.2) is 0 Å². The van der Waals surface area contributed by atoms with Crippen LogP contribution in [0, 0.1) is 5.92 Å². The van der Waals surface area contributed by atoms with Crippen LogP contribution >= 0.6 is 12.2 Å². The molecule has 4 heteroatoms. The van der Waals surface area contributed by atoms with E-state index in [-0.39, 0.29) is 0 Å². The number of nitrogens with two attached hydrogens (primary N) is 1. The van der Waals surface area contributed by atoms with Crippen molar-refractivity contribution in [3.05, 3.63) is 36.0 Å². The third-order valence-electron chi connectivity index (χ3n) is 3.74. The molecule has 2 aromatic rings. The van der Waals surface area contributed by atoms with E-state index in [4.69, 9.17) is 18.0 Å². The van der Waals surface area contributed by atoms with Crippen LogP contribution in [0.25, 0.3) is 10.9 Å². The Labute approximate surface area is 118 Å². The van der Waals surface area contributed by atoms with E-state index in [1.165, 1.54) is 12.8 Å². The molecule has 0 amide bonds. The molecule has 3 rings (SSSR count). The molecule has 1 unspecified atom stereocenters. The van der Waals surface area contributed by atoms with Crippen LogP contribution in [0.15, 0.2) is 30.5 Å². The van der Waals surface area contributed by atoms with Crippen LogP contribution in [0.3, 0.4) is 0 Å². The van der Waals surface area contributed by atoms with Gasteiger partial charge < -0.3 is 11.1 Å². The molecule has 19 heavy (non-hydrogen) atoms. The second-order valence-electron chi connectivity index (χ2n) is 5.20. The summed E-state index contributed by atoms with van der Waals surface area (Å²) < 4.78 is 0. The van der Waals surface area contributed by atoms with Gasteiger partial charge in [-0.3, -0.25) is 4.98 Å². The zero-order chi connectivity index (χ0) is 13.4. The molecule has 1 saturated carbocycles. The van der Waals surface area contributed by atoms with Crippen molar-refractivity contribution in [3.8, 4) is 0 Å². The standard InChI is InChI=1S/C15H17N3S/c1-9(10-6-7-10)18-14-11-4-2-3-5-13(11)17-8-12(14)15(16)19/h2-5,8-10H,6-7H2,1H3,(H2,16,19)(H,17,18). The molecule has 1 aromatic carbocycles. The number of pyridine rings is 1. The lowest BCUT2D eigenvalue weighted by molar-refractivity contribution is 0.695. The Balaban J connectivity index is 2.10. The number of hydrogen-bond acceptors (Lipinski definition) is 3. The summed E-state index contributed by atoms with van der Waals surface area (Å²) in [5.41, 5.74) is 8.65. The number of aromatic nitrogens is 1. The third kappa shape index (κ3) is 2.40. The van der Waals surface area contributed by atoms with E-state index in [0.29, 0.717) is 11.0 Å². The topological polar surface area (TPSA) is 50.9 Å². The van der Waals surface area contributed by atoms with E-state index in [2.05, 4.69) is 23.3 Å². The highest BCUT2D eigenvalue weighted by molar-refractivity contribution is 7.80. The summed E-state index contributed by atoms with van der Waals surface area (Å²) in [6, 6.07) is 8.51. The van der Waals surface area contributed by atoms with Crippen LogP contribution in [0.4, 0.5) is 5.69 Å². The fraction of sp³-hybridized carbons (Fsp3) is 0.333. The van der Waals surface area contributed by atoms with E-state index in [1.54, 1.807) is 6.20 Å². The maximum Gasteiger partial charge on any atom is 0.107 e. The van der Waals surface area contributed by atoms with Gasteiger partial charge in [-0.05, 0) is 31.7 Å². The summed E-state index contributed by atoms with van der Waals surface area (Å²) in [5.74, 6) is 0.770. The first-order chi connectivity index (χ1) is 9.16. The van der Waals surface area contributed by atoms with Crippen molar-refractivity contribution in [1.29, 1.82) is 0 Å². The van der Waals surface area contributed by atoms with Gasteiger partial charge in [-0.1, -0.05) is 30.4 Å². The number of thiocarbonyl (C=S) groups is 1. The number of anilines is 1. The van der Waals surface area contributed by atoms with Gasteiger partial charge in [-0.15, -0.1) is 0 Å². The average molecular weight is 271 g/mol. The van der Waals surface area contributed by atoms with Crippen molar-refractivity contribution in [1.82, 2.24) is 4.98 Å². The van der Waals surface area contributed by atoms with Gasteiger partial charge in [0.2, 0.25) is 0 Å². The van der Waals surface area contributed by atoms with Crippen molar-refractivity contribution in [2.45, 2.75) is 25.8 Å². The van der Waals surface area contributed by atoms with Gasteiger partial charge in [0.15, 0.2) is 0 Å². The molecule has 1 heterocycles. The minimum Gasteiger partial charge on any atom is -0.389 e. The summed E-state index contributed by atoms with van der Waals surface area (Å²) in [5, 5.41) is 4.67. The molecule has 3 N–H and O–H groups in total. The highest BCUT2D eigenvalue weighted by Gasteiger charge is 2.28. The fourth-order valence-corrected chi connectivity index (χ4v) is 2.58. The predicted octanol–water partition coefficient (Wildman–Crippen LogP) is 3.08. The van der Waals surface area contributed by atoms with E-state index in [1.807, 2.05) is 18.2 Å². The Morgan fingerprint density at radius 1 is 1.42 bits per heavy atom. The van der Waals surface area contributed by atoms with Gasteiger partial charge in [0, 0.05) is 17.6 Å². The second kappa shape index (κ2) is 4.78. The number of nitrogens with zero attached hydrogens (tertiary/aromatic N) is 1. The zero-order valence-corrected chi connectivity index (χ0v) is 11.7. The molecule has 1 atom stereocenters. The molecule has 1 aliphatic rings. The molecule has 0 saturated heterocycles. The van der Waals surface area contributed by atoms with Crippen LogP contribution in [0.2, 0.25) is 0 Å². The van der Waals surface area contributed by atoms with Gasteiger partial charge in [0.05, 0.1) is 16.8 Å². The van der Waals surface area contributed by atoms with Crippen LogP contribution in [-0.4, -0.2) is 16.0 Å². The van der Waals surface area contributed by atoms with Crippen molar-refractivity contribution >= 4 is 33.8 Å². The largest absolute Gasteiger partial charge is 0.389 e. The predicted molar refractivity (Wildman–Crippen MR) is 83.4 cm³/mol. The normalized spacial score (nSPS) is 16.3. The highest BCUT2D eigenvalue weighted by atomic mass is 32.1. The zero-order valence-electron chi connectivity index (χ0n) is 10.9. The minimum atomic E-state index is 0.392. The maximum atomic E-state index is 5.82. The molecule has 3 nitrogen and oxygen atoms in total. The van der Waals surface area contributed by atoms with Gasteiger partial charge in [0.1, 0.15) is 4.99 Å². The number of rotatable bonds is 4. The molecule has 0 bridgehead atoms. The summed E-state index contributed by atoms with van der Waals surface area (Å²) >= 11 is 5.14. The first kappa shape index (κ1) is 12.4. The molecule has 1 aromatic heterocycles. The third-order valence-corrected chi connectivity index (χ3v) is 3.96. The molecule has 0 aliphatic heterocycles. The van der Waals surface area contributed by atoms with E-state index < -0.39 is 0 Å². The summed E-state index contributed by atoms with van der Waals surface area (Å²) in [7, 11) is 0. The van der Waals surface area contributed by atoms with Crippen molar-refractivity contribution in [2.24, 2.45) is 11.7 Å².